The second-order valence-electron chi connectivity index (χ2n) is 6.81. The molecule has 1 saturated heterocycles. The fourth-order valence-corrected chi connectivity index (χ4v) is 3.60. The molecule has 6 heteroatoms. The number of hydrogen-bond acceptors (Lipinski definition) is 6. The first kappa shape index (κ1) is 18.7. The van der Waals surface area contributed by atoms with E-state index in [-0.39, 0.29) is 12.6 Å². The number of nitrogens with zero attached hydrogens (tertiary/aromatic N) is 4. The van der Waals surface area contributed by atoms with Crippen molar-refractivity contribution in [2.24, 2.45) is 0 Å². The van der Waals surface area contributed by atoms with E-state index in [1.807, 2.05) is 0 Å². The monoisotopic (exact) mass is 355 g/mol. The Morgan fingerprint density at radius 1 is 1.12 bits per heavy atom. The maximum atomic E-state index is 9.55. The van der Waals surface area contributed by atoms with E-state index in [4.69, 9.17) is 0 Å². The van der Waals surface area contributed by atoms with Crippen LogP contribution in [0.2, 0.25) is 0 Å². The highest BCUT2D eigenvalue weighted by atomic mass is 16.3. The third-order valence-electron chi connectivity index (χ3n) is 5.15. The second kappa shape index (κ2) is 9.05. The highest BCUT2D eigenvalue weighted by molar-refractivity contribution is 5.33. The van der Waals surface area contributed by atoms with Crippen LogP contribution in [0.4, 0.5) is 5.95 Å². The summed E-state index contributed by atoms with van der Waals surface area (Å²) < 4.78 is 0. The molecule has 1 fully saturated rings. The van der Waals surface area contributed by atoms with E-state index in [2.05, 4.69) is 63.5 Å². The number of anilines is 1. The molecular formula is C20H29N5O. The Kier molecular flexibility index (Phi) is 6.52. The Morgan fingerprint density at radius 2 is 1.88 bits per heavy atom. The van der Waals surface area contributed by atoms with Gasteiger partial charge in [-0.05, 0) is 43.4 Å². The molecule has 0 bridgehead atoms. The third kappa shape index (κ3) is 4.37. The summed E-state index contributed by atoms with van der Waals surface area (Å²) in [6, 6.07) is 8.73. The van der Waals surface area contributed by atoms with Crippen molar-refractivity contribution in [2.45, 2.75) is 58.7 Å². The Hall–Kier alpha value is -2.05. The molecule has 0 aliphatic carbocycles. The maximum Gasteiger partial charge on any atom is 0.243 e. The summed E-state index contributed by atoms with van der Waals surface area (Å²) in [6.07, 6.45) is 3.96. The Labute approximate surface area is 155 Å². The summed E-state index contributed by atoms with van der Waals surface area (Å²) in [5.41, 5.74) is 4.51. The summed E-state index contributed by atoms with van der Waals surface area (Å²) >= 11 is 0. The van der Waals surface area contributed by atoms with Crippen LogP contribution in [0.3, 0.4) is 0 Å². The predicted octanol–water partition coefficient (Wildman–Crippen LogP) is 2.57. The molecule has 0 radical (unpaired) electrons. The van der Waals surface area contributed by atoms with Crippen LogP contribution in [0.15, 0.2) is 24.3 Å². The molecule has 1 aliphatic heterocycles. The van der Waals surface area contributed by atoms with Crippen molar-refractivity contribution in [1.29, 1.82) is 0 Å². The Morgan fingerprint density at radius 3 is 2.62 bits per heavy atom. The molecule has 1 atom stereocenters. The predicted molar refractivity (Wildman–Crippen MR) is 103 cm³/mol. The lowest BCUT2D eigenvalue weighted by molar-refractivity contribution is 0.153. The van der Waals surface area contributed by atoms with E-state index in [1.165, 1.54) is 11.1 Å². The molecule has 0 amide bonds. The topological polar surface area (TPSA) is 74.2 Å². The van der Waals surface area contributed by atoms with E-state index in [0.29, 0.717) is 12.5 Å². The number of aryl methyl sites for hydroxylation is 2. The van der Waals surface area contributed by atoms with Crippen molar-refractivity contribution in [2.75, 3.05) is 18.5 Å². The van der Waals surface area contributed by atoms with Gasteiger partial charge < -0.3 is 10.4 Å². The number of likely N-dealkylation sites (tertiary alicyclic amines) is 1. The number of benzene rings is 1. The van der Waals surface area contributed by atoms with Gasteiger partial charge in [0.25, 0.3) is 0 Å². The first-order valence-corrected chi connectivity index (χ1v) is 9.63. The molecular weight excluding hydrogens is 326 g/mol. The normalized spacial score (nSPS) is 17.6. The van der Waals surface area contributed by atoms with E-state index in [0.717, 1.165) is 50.2 Å². The lowest BCUT2D eigenvalue weighted by Gasteiger charge is -2.24. The molecule has 0 saturated carbocycles. The molecule has 2 heterocycles. The minimum atomic E-state index is 0.240. The van der Waals surface area contributed by atoms with Crippen molar-refractivity contribution >= 4 is 5.95 Å². The SMILES string of the molecule is CCc1nnc(NCc2ccccc2CN2CCCC2CO)nc1CC. The number of aliphatic hydroxyl groups is 1. The molecule has 26 heavy (non-hydrogen) atoms. The zero-order chi connectivity index (χ0) is 18.4. The highest BCUT2D eigenvalue weighted by Gasteiger charge is 2.24. The lowest BCUT2D eigenvalue weighted by atomic mass is 10.1. The molecule has 140 valence electrons. The van der Waals surface area contributed by atoms with Crippen LogP contribution in [-0.4, -0.2) is 44.4 Å². The van der Waals surface area contributed by atoms with Gasteiger partial charge in [0.2, 0.25) is 5.95 Å². The van der Waals surface area contributed by atoms with Crippen molar-refractivity contribution in [3.63, 3.8) is 0 Å². The molecule has 6 nitrogen and oxygen atoms in total. The fraction of sp³-hybridized carbons (Fsp3) is 0.550. The average molecular weight is 355 g/mol. The van der Waals surface area contributed by atoms with Gasteiger partial charge in [0.15, 0.2) is 0 Å². The Balaban J connectivity index is 1.69. The summed E-state index contributed by atoms with van der Waals surface area (Å²) in [6.45, 7) is 7.01. The number of hydrogen-bond donors (Lipinski definition) is 2. The van der Waals surface area contributed by atoms with Gasteiger partial charge in [-0.1, -0.05) is 38.1 Å². The number of nitrogens with one attached hydrogen (secondary N) is 1. The molecule has 1 aromatic carbocycles. The fourth-order valence-electron chi connectivity index (χ4n) is 3.60. The molecule has 3 rings (SSSR count). The van der Waals surface area contributed by atoms with E-state index >= 15 is 0 Å². The standard InChI is InChI=1S/C20H29N5O/c1-3-18-19(4-2)23-24-20(22-18)21-12-15-8-5-6-9-16(15)13-25-11-7-10-17(25)14-26/h5-6,8-9,17,26H,3-4,7,10-14H2,1-2H3,(H,21,22,24). The van der Waals surface area contributed by atoms with Gasteiger partial charge in [0, 0.05) is 19.1 Å². The molecule has 0 spiro atoms. The molecule has 1 unspecified atom stereocenters. The molecule has 2 aromatic rings. The molecule has 1 aromatic heterocycles. The zero-order valence-electron chi connectivity index (χ0n) is 15.8. The zero-order valence-corrected chi connectivity index (χ0v) is 15.8. The van der Waals surface area contributed by atoms with Crippen LogP contribution in [-0.2, 0) is 25.9 Å². The van der Waals surface area contributed by atoms with Gasteiger partial charge >= 0.3 is 0 Å². The van der Waals surface area contributed by atoms with Gasteiger partial charge in [-0.3, -0.25) is 4.90 Å². The second-order valence-corrected chi connectivity index (χ2v) is 6.81. The summed E-state index contributed by atoms with van der Waals surface area (Å²) in [7, 11) is 0. The van der Waals surface area contributed by atoms with Gasteiger partial charge in [0.05, 0.1) is 18.0 Å². The van der Waals surface area contributed by atoms with Gasteiger partial charge in [-0.15, -0.1) is 5.10 Å². The van der Waals surface area contributed by atoms with Crippen molar-refractivity contribution < 1.29 is 5.11 Å². The number of aromatic nitrogens is 3. The largest absolute Gasteiger partial charge is 0.395 e. The maximum absolute atomic E-state index is 9.55. The van der Waals surface area contributed by atoms with E-state index < -0.39 is 0 Å². The van der Waals surface area contributed by atoms with Crippen LogP contribution < -0.4 is 5.32 Å². The van der Waals surface area contributed by atoms with Crippen LogP contribution >= 0.6 is 0 Å². The van der Waals surface area contributed by atoms with Crippen LogP contribution in [0.25, 0.3) is 0 Å². The van der Waals surface area contributed by atoms with Gasteiger partial charge in [-0.25, -0.2) is 4.98 Å². The van der Waals surface area contributed by atoms with Crippen LogP contribution in [0.5, 0.6) is 0 Å². The average Bonchev–Trinajstić information content (AvgIpc) is 3.14. The number of aliphatic hydroxyl groups excluding tert-OH is 1. The Bertz CT molecular complexity index is 721. The van der Waals surface area contributed by atoms with Gasteiger partial charge in [-0.2, -0.15) is 5.10 Å². The highest BCUT2D eigenvalue weighted by Crippen LogP contribution is 2.21. The van der Waals surface area contributed by atoms with E-state index in [9.17, 15) is 5.11 Å². The minimum Gasteiger partial charge on any atom is -0.395 e. The first-order valence-electron chi connectivity index (χ1n) is 9.63. The summed E-state index contributed by atoms with van der Waals surface area (Å²) in [5.74, 6) is 0.586. The third-order valence-corrected chi connectivity index (χ3v) is 5.15. The smallest absolute Gasteiger partial charge is 0.243 e. The van der Waals surface area contributed by atoms with Crippen molar-refractivity contribution in [3.8, 4) is 0 Å². The molecule has 1 aliphatic rings. The lowest BCUT2D eigenvalue weighted by Crippen LogP contribution is -2.32. The number of rotatable bonds is 8. The van der Waals surface area contributed by atoms with Crippen LogP contribution in [0, 0.1) is 0 Å². The van der Waals surface area contributed by atoms with Crippen LogP contribution in [0.1, 0.15) is 49.2 Å². The molecule has 2 N–H and O–H groups in total. The minimum absolute atomic E-state index is 0.240. The van der Waals surface area contributed by atoms with Gasteiger partial charge in [0.1, 0.15) is 0 Å². The summed E-state index contributed by atoms with van der Waals surface area (Å²) in [5, 5.41) is 21.4. The van der Waals surface area contributed by atoms with Crippen molar-refractivity contribution in [3.05, 3.63) is 46.8 Å². The van der Waals surface area contributed by atoms with Crippen molar-refractivity contribution in [1.82, 2.24) is 20.1 Å². The van der Waals surface area contributed by atoms with E-state index in [1.54, 1.807) is 0 Å². The first-order chi connectivity index (χ1) is 12.7. The quantitative estimate of drug-likeness (QED) is 0.758. The summed E-state index contributed by atoms with van der Waals surface area (Å²) in [4.78, 5) is 6.98.